The van der Waals surface area contributed by atoms with Gasteiger partial charge in [0.15, 0.2) is 0 Å². The standard InChI is InChI=1S/C18H15O9PS3.Na/c19-29(20,21)16-7-1-13(2-8-16)28(14-3-9-17(10-4-14)30(22,23)24)15-5-11-18(12-6-15)31(25,26)27;/h1-12H,(H,19,20,21)(H,22,23,24)(H,25,26,27);. The summed E-state index contributed by atoms with van der Waals surface area (Å²) in [6.45, 7) is 0. The Bertz CT molecular complexity index is 1240. The van der Waals surface area contributed by atoms with Gasteiger partial charge in [-0.1, -0.05) is 36.4 Å². The van der Waals surface area contributed by atoms with Crippen molar-refractivity contribution < 1.29 is 38.9 Å². The van der Waals surface area contributed by atoms with Crippen molar-refractivity contribution >= 4 is 83.7 Å². The van der Waals surface area contributed by atoms with Gasteiger partial charge in [-0.15, -0.1) is 0 Å². The molecule has 14 heteroatoms. The number of hydrogen-bond donors (Lipinski definition) is 3. The van der Waals surface area contributed by atoms with Crippen LogP contribution in [0.15, 0.2) is 87.5 Å². The SMILES string of the molecule is O=S(=O)(O)c1ccc(P(c2ccc(S(=O)(=O)O)cc2)c2ccc(S(=O)(=O)O)cc2)cc1.[Na]. The first-order valence-electron chi connectivity index (χ1n) is 8.30. The normalized spacial score (nSPS) is 12.4. The predicted octanol–water partition coefficient (Wildman–Crippen LogP) is 0.804. The maximum atomic E-state index is 11.3. The van der Waals surface area contributed by atoms with Gasteiger partial charge >= 0.3 is 0 Å². The molecule has 3 rings (SSSR count). The first-order valence-corrected chi connectivity index (χ1v) is 14.0. The summed E-state index contributed by atoms with van der Waals surface area (Å²) in [5, 5.41) is 1.84. The van der Waals surface area contributed by atoms with Crippen LogP contribution in [0.2, 0.25) is 0 Å². The summed E-state index contributed by atoms with van der Waals surface area (Å²) in [5.41, 5.74) is 0. The Hall–Kier alpha value is -1.18. The molecule has 0 fully saturated rings. The minimum Gasteiger partial charge on any atom is -0.282 e. The molecule has 0 aliphatic rings. The van der Waals surface area contributed by atoms with Crippen LogP contribution in [0.5, 0.6) is 0 Å². The number of rotatable bonds is 6. The second kappa shape index (κ2) is 9.98. The average Bonchev–Trinajstić information content (AvgIpc) is 2.67. The van der Waals surface area contributed by atoms with E-state index in [-0.39, 0.29) is 44.2 Å². The van der Waals surface area contributed by atoms with E-state index in [9.17, 15) is 38.9 Å². The second-order valence-electron chi connectivity index (χ2n) is 6.24. The van der Waals surface area contributed by atoms with Gasteiger partial charge in [0.2, 0.25) is 0 Å². The maximum Gasteiger partial charge on any atom is 0.294 e. The summed E-state index contributed by atoms with van der Waals surface area (Å²) >= 11 is 0. The molecule has 3 aromatic carbocycles. The Morgan fingerprint density at radius 2 is 0.625 bits per heavy atom. The van der Waals surface area contributed by atoms with Gasteiger partial charge in [0.05, 0.1) is 14.7 Å². The third-order valence-corrected chi connectivity index (χ3v) is 9.23. The third kappa shape index (κ3) is 6.45. The molecule has 0 unspecified atom stereocenters. The molecule has 0 aliphatic carbocycles. The zero-order valence-electron chi connectivity index (χ0n) is 16.4. The Morgan fingerprint density at radius 3 is 0.781 bits per heavy atom. The molecule has 0 saturated heterocycles. The van der Waals surface area contributed by atoms with Crippen LogP contribution in [0.3, 0.4) is 0 Å². The van der Waals surface area contributed by atoms with Crippen molar-refractivity contribution in [1.29, 1.82) is 0 Å². The van der Waals surface area contributed by atoms with E-state index in [1.165, 1.54) is 72.8 Å². The van der Waals surface area contributed by atoms with Crippen molar-refractivity contribution in [3.05, 3.63) is 72.8 Å². The molecule has 0 heterocycles. The van der Waals surface area contributed by atoms with Crippen molar-refractivity contribution in [1.82, 2.24) is 0 Å². The molecule has 3 aromatic rings. The first-order chi connectivity index (χ1) is 14.3. The Balaban J connectivity index is 0.00000363. The van der Waals surface area contributed by atoms with Crippen molar-refractivity contribution in [2.75, 3.05) is 0 Å². The maximum absolute atomic E-state index is 11.3. The van der Waals surface area contributed by atoms with Crippen molar-refractivity contribution in [3.63, 3.8) is 0 Å². The van der Waals surface area contributed by atoms with Crippen molar-refractivity contribution in [2.45, 2.75) is 14.7 Å². The summed E-state index contributed by atoms with van der Waals surface area (Å²) in [4.78, 5) is -0.932. The van der Waals surface area contributed by atoms with E-state index >= 15 is 0 Å². The van der Waals surface area contributed by atoms with E-state index in [0.29, 0.717) is 15.9 Å². The van der Waals surface area contributed by atoms with Crippen molar-refractivity contribution in [3.8, 4) is 0 Å². The average molecular weight is 525 g/mol. The van der Waals surface area contributed by atoms with E-state index < -0.39 is 38.3 Å². The molecule has 3 N–H and O–H groups in total. The van der Waals surface area contributed by atoms with Gasteiger partial charge in [-0.05, 0) is 60.2 Å². The number of hydrogen-bond acceptors (Lipinski definition) is 6. The molecule has 1 radical (unpaired) electrons. The largest absolute Gasteiger partial charge is 0.294 e. The summed E-state index contributed by atoms with van der Waals surface area (Å²) < 4.78 is 95.4. The van der Waals surface area contributed by atoms with Crippen LogP contribution in [-0.4, -0.2) is 68.5 Å². The summed E-state index contributed by atoms with van der Waals surface area (Å²) in [6, 6.07) is 16.1. The van der Waals surface area contributed by atoms with E-state index in [0.717, 1.165) is 0 Å². The van der Waals surface area contributed by atoms with Gasteiger partial charge < -0.3 is 0 Å². The zero-order valence-corrected chi connectivity index (χ0v) is 21.7. The fourth-order valence-corrected chi connectivity index (χ4v) is 6.42. The summed E-state index contributed by atoms with van der Waals surface area (Å²) in [7, 11) is -14.6. The smallest absolute Gasteiger partial charge is 0.282 e. The molecule has 9 nitrogen and oxygen atoms in total. The van der Waals surface area contributed by atoms with Crippen molar-refractivity contribution in [2.24, 2.45) is 0 Å². The van der Waals surface area contributed by atoms with Gasteiger partial charge in [0, 0.05) is 29.6 Å². The fraction of sp³-hybridized carbons (Fsp3) is 0. The molecular formula is C18H15NaO9PS3. The van der Waals surface area contributed by atoms with E-state index in [1.54, 1.807) is 0 Å². The second-order valence-corrected chi connectivity index (χ2v) is 12.7. The zero-order chi connectivity index (χ0) is 23.0. The molecule has 165 valence electrons. The molecule has 0 amide bonds. The first kappa shape index (κ1) is 27.1. The van der Waals surface area contributed by atoms with Crippen LogP contribution >= 0.6 is 7.92 Å². The van der Waals surface area contributed by atoms with Crippen LogP contribution in [0, 0.1) is 0 Å². The molecule has 0 saturated carbocycles. The molecule has 0 aromatic heterocycles. The quantitative estimate of drug-likeness (QED) is 0.240. The Labute approximate surface area is 208 Å². The van der Waals surface area contributed by atoms with Gasteiger partial charge in [0.25, 0.3) is 30.4 Å². The van der Waals surface area contributed by atoms with Crippen LogP contribution in [0.4, 0.5) is 0 Å². The van der Waals surface area contributed by atoms with Gasteiger partial charge in [0.1, 0.15) is 0 Å². The molecule has 32 heavy (non-hydrogen) atoms. The minimum absolute atomic E-state index is 0. The van der Waals surface area contributed by atoms with E-state index in [2.05, 4.69) is 0 Å². The molecular weight excluding hydrogens is 510 g/mol. The Kier molecular flexibility index (Phi) is 8.44. The topological polar surface area (TPSA) is 163 Å². The minimum atomic E-state index is -4.40. The number of benzene rings is 3. The molecule has 0 aliphatic heterocycles. The Morgan fingerprint density at radius 1 is 0.438 bits per heavy atom. The van der Waals surface area contributed by atoms with Crippen LogP contribution in [0.25, 0.3) is 0 Å². The van der Waals surface area contributed by atoms with Gasteiger partial charge in [-0.2, -0.15) is 25.3 Å². The van der Waals surface area contributed by atoms with Crippen LogP contribution < -0.4 is 15.9 Å². The molecule has 0 atom stereocenters. The third-order valence-electron chi connectivity index (χ3n) is 4.18. The van der Waals surface area contributed by atoms with E-state index in [4.69, 9.17) is 0 Å². The predicted molar refractivity (Wildman–Crippen MR) is 120 cm³/mol. The molecule has 0 spiro atoms. The van der Waals surface area contributed by atoms with Crippen LogP contribution in [-0.2, 0) is 30.4 Å². The summed E-state index contributed by atoms with van der Waals surface area (Å²) in [6.07, 6.45) is 0. The van der Waals surface area contributed by atoms with Crippen LogP contribution in [0.1, 0.15) is 0 Å². The fourth-order valence-electron chi connectivity index (χ4n) is 2.75. The van der Waals surface area contributed by atoms with E-state index in [1.807, 2.05) is 0 Å². The monoisotopic (exact) mass is 525 g/mol. The van der Waals surface area contributed by atoms with Gasteiger partial charge in [-0.3, -0.25) is 13.7 Å². The van der Waals surface area contributed by atoms with Gasteiger partial charge in [-0.25, -0.2) is 0 Å². The summed E-state index contributed by atoms with van der Waals surface area (Å²) in [5.74, 6) is 0. The molecule has 0 bridgehead atoms.